The number of carbonyl (C=O) groups is 1. The predicted octanol–water partition coefficient (Wildman–Crippen LogP) is 4.01. The fourth-order valence-corrected chi connectivity index (χ4v) is 4.47. The molecule has 6 nitrogen and oxygen atoms in total. The molecule has 1 atom stereocenters. The summed E-state index contributed by atoms with van der Waals surface area (Å²) in [4.78, 5) is 38.0. The third-order valence-electron chi connectivity index (χ3n) is 5.00. The lowest BCUT2D eigenvalue weighted by Gasteiger charge is -2.22. The molecule has 0 saturated heterocycles. The van der Waals surface area contributed by atoms with Crippen LogP contribution in [0.1, 0.15) is 38.3 Å². The molecule has 4 aromatic rings. The van der Waals surface area contributed by atoms with Crippen LogP contribution in [0.3, 0.4) is 0 Å². The average molecular weight is 389 g/mol. The fourth-order valence-electron chi connectivity index (χ4n) is 3.53. The van der Waals surface area contributed by atoms with E-state index in [1.807, 2.05) is 19.9 Å². The third-order valence-corrected chi connectivity index (χ3v) is 6.07. The predicted molar refractivity (Wildman–Crippen MR) is 107 cm³/mol. The summed E-state index contributed by atoms with van der Waals surface area (Å²) in [5.41, 5.74) is 2.13. The number of aromatic nitrogens is 2. The summed E-state index contributed by atoms with van der Waals surface area (Å²) in [5.74, 6) is -0.288. The number of hydrogen-bond donors (Lipinski definition) is 0. The highest BCUT2D eigenvalue weighted by molar-refractivity contribution is 7.15. The van der Waals surface area contributed by atoms with Crippen LogP contribution < -0.4 is 10.3 Å². The fraction of sp³-hybridized carbons (Fsp3) is 0.143. The topological polar surface area (TPSA) is 76.3 Å². The first-order valence-corrected chi connectivity index (χ1v) is 9.61. The van der Waals surface area contributed by atoms with Crippen LogP contribution in [0.5, 0.6) is 0 Å². The van der Waals surface area contributed by atoms with Gasteiger partial charge in [0.15, 0.2) is 10.6 Å². The highest BCUT2D eigenvalue weighted by Gasteiger charge is 2.45. The Morgan fingerprint density at radius 3 is 2.64 bits per heavy atom. The zero-order chi connectivity index (χ0) is 19.4. The van der Waals surface area contributed by atoms with Crippen molar-refractivity contribution >= 4 is 33.3 Å². The zero-order valence-electron chi connectivity index (χ0n) is 15.2. The molecule has 28 heavy (non-hydrogen) atoms. The Morgan fingerprint density at radius 2 is 1.93 bits per heavy atom. The molecule has 1 aliphatic heterocycles. The molecule has 0 saturated carbocycles. The van der Waals surface area contributed by atoms with Crippen molar-refractivity contribution < 1.29 is 9.21 Å². The minimum Gasteiger partial charge on any atom is -0.450 e. The third kappa shape index (κ3) is 2.33. The molecule has 0 spiro atoms. The van der Waals surface area contributed by atoms with Crippen LogP contribution in [-0.2, 0) is 0 Å². The molecule has 138 valence electrons. The first kappa shape index (κ1) is 16.8. The van der Waals surface area contributed by atoms with E-state index >= 15 is 0 Å². The lowest BCUT2D eigenvalue weighted by Crippen LogP contribution is -2.29. The molecule has 7 heteroatoms. The molecule has 0 fully saturated rings. The molecular formula is C21H15N3O3S. The van der Waals surface area contributed by atoms with E-state index in [4.69, 9.17) is 4.42 Å². The van der Waals surface area contributed by atoms with Gasteiger partial charge in [0.1, 0.15) is 5.58 Å². The van der Waals surface area contributed by atoms with E-state index < -0.39 is 6.04 Å². The van der Waals surface area contributed by atoms with Gasteiger partial charge < -0.3 is 4.42 Å². The first-order valence-electron chi connectivity index (χ1n) is 8.79. The van der Waals surface area contributed by atoms with Gasteiger partial charge in [0.2, 0.25) is 5.76 Å². The lowest BCUT2D eigenvalue weighted by atomic mass is 10.0. The number of fused-ring (bicyclic) bond motifs is 2. The summed E-state index contributed by atoms with van der Waals surface area (Å²) in [5, 5.41) is 1.000. The van der Waals surface area contributed by atoms with Gasteiger partial charge >= 0.3 is 0 Å². The second-order valence-corrected chi connectivity index (χ2v) is 7.85. The number of nitrogens with zero attached hydrogens (tertiary/aromatic N) is 3. The van der Waals surface area contributed by atoms with Crippen LogP contribution in [0.15, 0.2) is 58.0 Å². The zero-order valence-corrected chi connectivity index (χ0v) is 16.0. The Morgan fingerprint density at radius 1 is 1.11 bits per heavy atom. The van der Waals surface area contributed by atoms with Crippen LogP contribution in [0.4, 0.5) is 5.13 Å². The van der Waals surface area contributed by atoms with Crippen molar-refractivity contribution in [2.75, 3.05) is 4.90 Å². The monoisotopic (exact) mass is 389 g/mol. The van der Waals surface area contributed by atoms with Gasteiger partial charge in [-0.15, -0.1) is 11.3 Å². The summed E-state index contributed by atoms with van der Waals surface area (Å²) < 4.78 is 5.90. The number of amides is 1. The van der Waals surface area contributed by atoms with Gasteiger partial charge in [0.05, 0.1) is 22.7 Å². The normalized spacial score (nSPS) is 16.0. The number of pyridine rings is 1. The highest BCUT2D eigenvalue weighted by atomic mass is 32.1. The van der Waals surface area contributed by atoms with E-state index in [0.717, 1.165) is 16.1 Å². The van der Waals surface area contributed by atoms with Crippen molar-refractivity contribution in [2.45, 2.75) is 19.9 Å². The quantitative estimate of drug-likeness (QED) is 0.518. The second-order valence-electron chi connectivity index (χ2n) is 6.67. The van der Waals surface area contributed by atoms with Crippen LogP contribution in [0.2, 0.25) is 0 Å². The number of aryl methyl sites for hydroxylation is 2. The second kappa shape index (κ2) is 6.10. The highest BCUT2D eigenvalue weighted by Crippen LogP contribution is 2.42. The van der Waals surface area contributed by atoms with Gasteiger partial charge in [-0.2, -0.15) is 0 Å². The van der Waals surface area contributed by atoms with Crippen molar-refractivity contribution in [3.63, 3.8) is 0 Å². The molecule has 1 aromatic carbocycles. The molecule has 4 heterocycles. The molecule has 3 aromatic heterocycles. The van der Waals surface area contributed by atoms with Crippen molar-refractivity contribution in [3.05, 3.63) is 86.5 Å². The largest absolute Gasteiger partial charge is 0.450 e. The van der Waals surface area contributed by atoms with Crippen molar-refractivity contribution in [1.82, 2.24) is 9.97 Å². The van der Waals surface area contributed by atoms with E-state index in [-0.39, 0.29) is 17.1 Å². The lowest BCUT2D eigenvalue weighted by molar-refractivity contribution is 0.0971. The van der Waals surface area contributed by atoms with E-state index in [2.05, 4.69) is 9.97 Å². The number of hydrogen-bond acceptors (Lipinski definition) is 6. The van der Waals surface area contributed by atoms with Gasteiger partial charge in [0, 0.05) is 17.3 Å². The number of para-hydroxylation sites is 1. The van der Waals surface area contributed by atoms with E-state index in [1.54, 1.807) is 47.6 Å². The maximum Gasteiger partial charge on any atom is 0.297 e. The molecule has 1 aliphatic rings. The summed E-state index contributed by atoms with van der Waals surface area (Å²) in [6, 6.07) is 10.00. The Bertz CT molecular complexity index is 1270. The van der Waals surface area contributed by atoms with Gasteiger partial charge in [-0.1, -0.05) is 18.2 Å². The number of anilines is 1. The van der Waals surface area contributed by atoms with Crippen molar-refractivity contribution in [2.24, 2.45) is 0 Å². The summed E-state index contributed by atoms with van der Waals surface area (Å²) in [6.07, 6.45) is 3.33. The van der Waals surface area contributed by atoms with Gasteiger partial charge in [-0.05, 0) is 37.6 Å². The van der Waals surface area contributed by atoms with Gasteiger partial charge in [0.25, 0.3) is 5.91 Å². The molecule has 1 unspecified atom stereocenters. The molecule has 0 aliphatic carbocycles. The van der Waals surface area contributed by atoms with Crippen LogP contribution >= 0.6 is 11.3 Å². The van der Waals surface area contributed by atoms with Gasteiger partial charge in [-0.3, -0.25) is 19.5 Å². The Kier molecular flexibility index (Phi) is 3.67. The Labute approximate surface area is 164 Å². The van der Waals surface area contributed by atoms with Gasteiger partial charge in [-0.25, -0.2) is 4.98 Å². The Balaban J connectivity index is 1.83. The van der Waals surface area contributed by atoms with E-state index in [0.29, 0.717) is 21.7 Å². The number of thiazole rings is 1. The first-order chi connectivity index (χ1) is 13.6. The maximum absolute atomic E-state index is 13.3. The van der Waals surface area contributed by atoms with E-state index in [1.165, 1.54) is 11.3 Å². The Hall–Kier alpha value is -3.32. The molecule has 0 radical (unpaired) electrons. The molecule has 5 rings (SSSR count). The van der Waals surface area contributed by atoms with E-state index in [9.17, 15) is 9.59 Å². The average Bonchev–Trinajstić information content (AvgIpc) is 3.19. The standard InChI is InChI=1S/C21H15N3O3S/c1-11-12(2)28-21(23-11)24-17(13-6-5-9-22-10-13)16-18(25)14-7-3-4-8-15(14)27-19(16)20(24)26/h3-10,17H,1-2H3. The smallest absolute Gasteiger partial charge is 0.297 e. The number of benzene rings is 1. The van der Waals surface area contributed by atoms with Crippen LogP contribution in [0, 0.1) is 13.8 Å². The van der Waals surface area contributed by atoms with Crippen LogP contribution in [0.25, 0.3) is 11.0 Å². The minimum atomic E-state index is -0.623. The summed E-state index contributed by atoms with van der Waals surface area (Å²) in [7, 11) is 0. The maximum atomic E-state index is 13.3. The number of rotatable bonds is 2. The van der Waals surface area contributed by atoms with Crippen molar-refractivity contribution in [3.8, 4) is 0 Å². The summed E-state index contributed by atoms with van der Waals surface area (Å²) >= 11 is 1.42. The molecule has 0 bridgehead atoms. The molecule has 1 amide bonds. The minimum absolute atomic E-state index is 0.0723. The van der Waals surface area contributed by atoms with Crippen molar-refractivity contribution in [1.29, 1.82) is 0 Å². The summed E-state index contributed by atoms with van der Waals surface area (Å²) in [6.45, 7) is 3.86. The molecule has 0 N–H and O–H groups in total. The SMILES string of the molecule is Cc1nc(N2C(=O)c3oc4ccccc4c(=O)c3C2c2cccnc2)sc1C. The number of carbonyl (C=O) groups excluding carboxylic acids is 1. The van der Waals surface area contributed by atoms with Crippen LogP contribution in [-0.4, -0.2) is 15.9 Å². The molecular weight excluding hydrogens is 374 g/mol.